The maximum atomic E-state index is 4.37. The van der Waals surface area contributed by atoms with Gasteiger partial charge in [-0.25, -0.2) is 0 Å². The van der Waals surface area contributed by atoms with E-state index >= 15 is 0 Å². The van der Waals surface area contributed by atoms with Crippen LogP contribution >= 0.6 is 0 Å². The van der Waals surface area contributed by atoms with Crippen LogP contribution in [0.1, 0.15) is 46.0 Å². The molecule has 0 saturated heterocycles. The molecule has 0 N–H and O–H groups in total. The van der Waals surface area contributed by atoms with E-state index in [1.807, 2.05) is 24.4 Å². The topological polar surface area (TPSA) is 12.9 Å². The summed E-state index contributed by atoms with van der Waals surface area (Å²) in [6.45, 7) is 4.49. The molecule has 1 nitrogen and oxygen atoms in total. The Kier molecular flexibility index (Phi) is 7.32. The number of pyridine rings is 1. The largest absolute Gasteiger partial charge is 0.256 e. The molecule has 0 radical (unpaired) electrons. The van der Waals surface area contributed by atoms with Crippen molar-refractivity contribution >= 4 is 10.9 Å². The molecule has 0 unspecified atom stereocenters. The highest BCUT2D eigenvalue weighted by Gasteiger charge is 2.02. The van der Waals surface area contributed by atoms with Gasteiger partial charge in [0.1, 0.15) is 0 Å². The van der Waals surface area contributed by atoms with Crippen molar-refractivity contribution in [2.24, 2.45) is 0 Å². The van der Waals surface area contributed by atoms with E-state index in [1.165, 1.54) is 48.6 Å². The van der Waals surface area contributed by atoms with Crippen molar-refractivity contribution in [2.45, 2.75) is 46.0 Å². The molecule has 0 aliphatic heterocycles. The molecule has 0 atom stereocenters. The SMILES string of the molecule is CCCCCCC.c1ccc(-c2ccnc3ccccc23)cc1. The average molecular weight is 305 g/mol. The molecule has 0 aliphatic rings. The summed E-state index contributed by atoms with van der Waals surface area (Å²) in [6.07, 6.45) is 8.87. The Hall–Kier alpha value is -2.15. The first-order valence-electron chi connectivity index (χ1n) is 8.76. The summed E-state index contributed by atoms with van der Waals surface area (Å²) in [6, 6.07) is 20.7. The summed E-state index contributed by atoms with van der Waals surface area (Å²) in [5, 5.41) is 1.20. The van der Waals surface area contributed by atoms with Crippen LogP contribution in [-0.2, 0) is 0 Å². The molecule has 0 bridgehead atoms. The third-order valence-electron chi connectivity index (χ3n) is 3.94. The van der Waals surface area contributed by atoms with Crippen LogP contribution in [0.5, 0.6) is 0 Å². The van der Waals surface area contributed by atoms with E-state index in [4.69, 9.17) is 0 Å². The van der Waals surface area contributed by atoms with Gasteiger partial charge in [0.25, 0.3) is 0 Å². The van der Waals surface area contributed by atoms with Gasteiger partial charge in [-0.3, -0.25) is 4.98 Å². The van der Waals surface area contributed by atoms with Crippen molar-refractivity contribution in [3.8, 4) is 11.1 Å². The fourth-order valence-corrected chi connectivity index (χ4v) is 2.64. The van der Waals surface area contributed by atoms with Crippen LogP contribution < -0.4 is 0 Å². The highest BCUT2D eigenvalue weighted by atomic mass is 14.6. The van der Waals surface area contributed by atoms with Gasteiger partial charge in [-0.1, -0.05) is 94.5 Å². The van der Waals surface area contributed by atoms with Gasteiger partial charge in [0.15, 0.2) is 0 Å². The lowest BCUT2D eigenvalue weighted by atomic mass is 10.0. The number of hydrogen-bond acceptors (Lipinski definition) is 1. The number of rotatable bonds is 5. The molecule has 23 heavy (non-hydrogen) atoms. The minimum Gasteiger partial charge on any atom is -0.256 e. The van der Waals surface area contributed by atoms with Gasteiger partial charge >= 0.3 is 0 Å². The summed E-state index contributed by atoms with van der Waals surface area (Å²) in [5.41, 5.74) is 3.52. The van der Waals surface area contributed by atoms with Crippen LogP contribution in [0.3, 0.4) is 0 Å². The highest BCUT2D eigenvalue weighted by molar-refractivity contribution is 5.94. The quantitative estimate of drug-likeness (QED) is 0.468. The zero-order valence-corrected chi connectivity index (χ0v) is 14.3. The van der Waals surface area contributed by atoms with E-state index in [2.05, 4.69) is 61.3 Å². The third kappa shape index (κ3) is 5.21. The van der Waals surface area contributed by atoms with E-state index < -0.39 is 0 Å². The highest BCUT2D eigenvalue weighted by Crippen LogP contribution is 2.26. The fraction of sp³-hybridized carbons (Fsp3) is 0.318. The predicted molar refractivity (Wildman–Crippen MR) is 102 cm³/mol. The van der Waals surface area contributed by atoms with Crippen molar-refractivity contribution < 1.29 is 0 Å². The normalized spacial score (nSPS) is 10.2. The zero-order chi connectivity index (χ0) is 16.3. The molecule has 120 valence electrons. The van der Waals surface area contributed by atoms with E-state index in [9.17, 15) is 0 Å². The summed E-state index contributed by atoms with van der Waals surface area (Å²) in [7, 11) is 0. The minimum absolute atomic E-state index is 1.05. The number of nitrogens with zero attached hydrogens (tertiary/aromatic N) is 1. The lowest BCUT2D eigenvalue weighted by Gasteiger charge is -2.05. The maximum absolute atomic E-state index is 4.37. The molecular weight excluding hydrogens is 278 g/mol. The second-order valence-corrected chi connectivity index (χ2v) is 5.80. The van der Waals surface area contributed by atoms with Gasteiger partial charge in [0.05, 0.1) is 5.52 Å². The summed E-state index contributed by atoms with van der Waals surface area (Å²) < 4.78 is 0. The molecule has 3 rings (SSSR count). The maximum Gasteiger partial charge on any atom is 0.0708 e. The standard InChI is InChI=1S/C15H11N.C7H16/c1-2-6-12(7-3-1)13-10-11-16-15-9-5-4-8-14(13)15;1-3-5-7-6-4-2/h1-11H;3-7H2,1-2H3. The Morgan fingerprint density at radius 2 is 1.35 bits per heavy atom. The first-order valence-corrected chi connectivity index (χ1v) is 8.76. The first-order chi connectivity index (χ1) is 11.4. The number of para-hydroxylation sites is 1. The lowest BCUT2D eigenvalue weighted by Crippen LogP contribution is -1.83. The van der Waals surface area contributed by atoms with E-state index in [1.54, 1.807) is 0 Å². The smallest absolute Gasteiger partial charge is 0.0708 e. The number of benzene rings is 2. The Morgan fingerprint density at radius 3 is 2.04 bits per heavy atom. The fourth-order valence-electron chi connectivity index (χ4n) is 2.64. The van der Waals surface area contributed by atoms with Crippen molar-refractivity contribution in [2.75, 3.05) is 0 Å². The first kappa shape index (κ1) is 17.2. The third-order valence-corrected chi connectivity index (χ3v) is 3.94. The van der Waals surface area contributed by atoms with Crippen molar-refractivity contribution in [3.05, 3.63) is 66.9 Å². The molecule has 1 heterocycles. The van der Waals surface area contributed by atoms with Crippen LogP contribution in [0, 0.1) is 0 Å². The van der Waals surface area contributed by atoms with E-state index in [-0.39, 0.29) is 0 Å². The van der Waals surface area contributed by atoms with Crippen LogP contribution in [0.4, 0.5) is 0 Å². The predicted octanol–water partition coefficient (Wildman–Crippen LogP) is 6.88. The molecule has 0 saturated carbocycles. The molecule has 0 fully saturated rings. The lowest BCUT2D eigenvalue weighted by molar-refractivity contribution is 0.656. The van der Waals surface area contributed by atoms with Gasteiger partial charge in [0, 0.05) is 11.6 Å². The second-order valence-electron chi connectivity index (χ2n) is 5.80. The van der Waals surface area contributed by atoms with Gasteiger partial charge in [0.2, 0.25) is 0 Å². The average Bonchev–Trinajstić information content (AvgIpc) is 2.63. The van der Waals surface area contributed by atoms with Gasteiger partial charge in [-0.15, -0.1) is 0 Å². The summed E-state index contributed by atoms with van der Waals surface area (Å²) in [5.74, 6) is 0. The number of fused-ring (bicyclic) bond motifs is 1. The van der Waals surface area contributed by atoms with Crippen LogP contribution in [-0.4, -0.2) is 4.98 Å². The Morgan fingerprint density at radius 1 is 0.696 bits per heavy atom. The van der Waals surface area contributed by atoms with Crippen LogP contribution in [0.15, 0.2) is 66.9 Å². The molecule has 2 aromatic carbocycles. The van der Waals surface area contributed by atoms with Crippen LogP contribution in [0.2, 0.25) is 0 Å². The second kappa shape index (κ2) is 9.78. The van der Waals surface area contributed by atoms with Gasteiger partial charge in [-0.2, -0.15) is 0 Å². The van der Waals surface area contributed by atoms with Gasteiger partial charge < -0.3 is 0 Å². The molecule has 1 heteroatoms. The van der Waals surface area contributed by atoms with Crippen molar-refractivity contribution in [3.63, 3.8) is 0 Å². The number of unbranched alkanes of at least 4 members (excludes halogenated alkanes) is 4. The molecular formula is C22H27N. The van der Waals surface area contributed by atoms with Crippen molar-refractivity contribution in [1.29, 1.82) is 0 Å². The summed E-state index contributed by atoms with van der Waals surface area (Å²) in [4.78, 5) is 4.37. The zero-order valence-electron chi connectivity index (χ0n) is 14.3. The van der Waals surface area contributed by atoms with Crippen molar-refractivity contribution in [1.82, 2.24) is 4.98 Å². The Bertz CT molecular complexity index is 679. The number of aromatic nitrogens is 1. The summed E-state index contributed by atoms with van der Waals surface area (Å²) >= 11 is 0. The minimum atomic E-state index is 1.05. The van der Waals surface area contributed by atoms with E-state index in [0.717, 1.165) is 5.52 Å². The molecule has 0 aliphatic carbocycles. The molecule has 0 spiro atoms. The number of hydrogen-bond donors (Lipinski definition) is 0. The Labute approximate surface area is 140 Å². The molecule has 0 amide bonds. The van der Waals surface area contributed by atoms with Gasteiger partial charge in [-0.05, 0) is 23.3 Å². The van der Waals surface area contributed by atoms with E-state index in [0.29, 0.717) is 0 Å². The monoisotopic (exact) mass is 305 g/mol. The Balaban J connectivity index is 0.000000236. The molecule has 3 aromatic rings. The molecule has 1 aromatic heterocycles. The van der Waals surface area contributed by atoms with Crippen LogP contribution in [0.25, 0.3) is 22.0 Å².